The minimum absolute atomic E-state index is 0.142. The number of amides is 1. The smallest absolute Gasteiger partial charge is 0.407 e. The van der Waals surface area contributed by atoms with Crippen molar-refractivity contribution in [1.82, 2.24) is 5.32 Å². The first-order valence-corrected chi connectivity index (χ1v) is 7.23. The van der Waals surface area contributed by atoms with Gasteiger partial charge in [-0.2, -0.15) is 0 Å². The number of carboxylic acids is 1. The topological polar surface area (TPSA) is 114 Å². The van der Waals surface area contributed by atoms with Crippen LogP contribution in [0.25, 0.3) is 0 Å². The predicted octanol–water partition coefficient (Wildman–Crippen LogP) is 0.770. The third kappa shape index (κ3) is 15.0. The normalized spacial score (nSPS) is 12.7. The molecule has 0 aromatic heterocycles. The first-order chi connectivity index (χ1) is 10.2. The van der Waals surface area contributed by atoms with Crippen LogP contribution in [0.2, 0.25) is 0 Å². The zero-order valence-electron chi connectivity index (χ0n) is 13.5. The van der Waals surface area contributed by atoms with E-state index in [1.54, 1.807) is 20.8 Å². The molecule has 0 rings (SSSR count). The van der Waals surface area contributed by atoms with Crippen LogP contribution in [0.5, 0.6) is 0 Å². The molecule has 8 nitrogen and oxygen atoms in total. The van der Waals surface area contributed by atoms with Crippen LogP contribution in [-0.4, -0.2) is 67.0 Å². The van der Waals surface area contributed by atoms with Crippen LogP contribution in [0.4, 0.5) is 4.79 Å². The maximum absolute atomic E-state index is 11.3. The summed E-state index contributed by atoms with van der Waals surface area (Å²) < 4.78 is 15.0. The highest BCUT2D eigenvalue weighted by atomic mass is 16.6. The van der Waals surface area contributed by atoms with Gasteiger partial charge in [0.2, 0.25) is 0 Å². The Hall–Kier alpha value is -1.38. The molecule has 0 bridgehead atoms. The molecule has 0 aromatic rings. The van der Waals surface area contributed by atoms with E-state index in [9.17, 15) is 14.7 Å². The van der Waals surface area contributed by atoms with E-state index in [4.69, 9.17) is 19.3 Å². The first-order valence-electron chi connectivity index (χ1n) is 7.23. The highest BCUT2D eigenvalue weighted by Gasteiger charge is 2.15. The van der Waals surface area contributed by atoms with Gasteiger partial charge in [-0.1, -0.05) is 0 Å². The van der Waals surface area contributed by atoms with E-state index in [2.05, 4.69) is 5.32 Å². The summed E-state index contributed by atoms with van der Waals surface area (Å²) in [6.07, 6.45) is -0.0424. The Morgan fingerprint density at radius 2 is 1.82 bits per heavy atom. The van der Waals surface area contributed by atoms with E-state index in [-0.39, 0.29) is 26.4 Å². The van der Waals surface area contributed by atoms with Gasteiger partial charge in [-0.05, 0) is 33.6 Å². The summed E-state index contributed by atoms with van der Waals surface area (Å²) in [6.45, 7) is 5.94. The number of aliphatic hydroxyl groups is 1. The van der Waals surface area contributed by atoms with E-state index >= 15 is 0 Å². The van der Waals surface area contributed by atoms with Gasteiger partial charge in [-0.15, -0.1) is 0 Å². The number of rotatable bonds is 11. The molecule has 0 radical (unpaired) electrons. The molecule has 0 spiro atoms. The standard InChI is InChI=1S/C14H27NO7/c1-14(2,3)22-13(19)15-6-4-5-11(16)9-20-7-8-21-10-12(17)18/h11,16H,4-10H2,1-3H3,(H,15,19)(H,17,18). The Balaban J connectivity index is 3.44. The van der Waals surface area contributed by atoms with Crippen molar-refractivity contribution < 1.29 is 34.0 Å². The van der Waals surface area contributed by atoms with Gasteiger partial charge < -0.3 is 29.7 Å². The fraction of sp³-hybridized carbons (Fsp3) is 0.857. The molecular weight excluding hydrogens is 294 g/mol. The van der Waals surface area contributed by atoms with Crippen molar-refractivity contribution in [2.75, 3.05) is 33.0 Å². The molecule has 0 aromatic carbocycles. The number of ether oxygens (including phenoxy) is 3. The summed E-state index contributed by atoms with van der Waals surface area (Å²) in [7, 11) is 0. The van der Waals surface area contributed by atoms with Crippen LogP contribution in [0, 0.1) is 0 Å². The summed E-state index contributed by atoms with van der Waals surface area (Å²) in [5.74, 6) is -1.03. The highest BCUT2D eigenvalue weighted by Crippen LogP contribution is 2.06. The molecule has 1 atom stereocenters. The Morgan fingerprint density at radius 3 is 2.41 bits per heavy atom. The van der Waals surface area contributed by atoms with Gasteiger partial charge >= 0.3 is 12.1 Å². The molecule has 3 N–H and O–H groups in total. The fourth-order valence-electron chi connectivity index (χ4n) is 1.42. The minimum Gasteiger partial charge on any atom is -0.480 e. The molecular formula is C14H27NO7. The summed E-state index contributed by atoms with van der Waals surface area (Å²) in [5.41, 5.74) is -0.528. The van der Waals surface area contributed by atoms with Crippen molar-refractivity contribution in [3.05, 3.63) is 0 Å². The van der Waals surface area contributed by atoms with E-state index < -0.39 is 23.8 Å². The largest absolute Gasteiger partial charge is 0.480 e. The Bertz CT molecular complexity index is 328. The molecule has 8 heteroatoms. The Labute approximate surface area is 130 Å². The predicted molar refractivity (Wildman–Crippen MR) is 78.8 cm³/mol. The van der Waals surface area contributed by atoms with Gasteiger partial charge in [-0.3, -0.25) is 0 Å². The van der Waals surface area contributed by atoms with Crippen molar-refractivity contribution in [3.63, 3.8) is 0 Å². The average Bonchev–Trinajstić information content (AvgIpc) is 2.36. The second-order valence-corrected chi connectivity index (χ2v) is 5.75. The lowest BCUT2D eigenvalue weighted by atomic mass is 10.2. The molecule has 0 saturated heterocycles. The molecule has 1 unspecified atom stereocenters. The SMILES string of the molecule is CC(C)(C)OC(=O)NCCCC(O)COCCOCC(=O)O. The van der Waals surface area contributed by atoms with Gasteiger partial charge in [0.1, 0.15) is 12.2 Å². The number of alkyl carbamates (subject to hydrolysis) is 1. The summed E-state index contributed by atoms with van der Waals surface area (Å²) >= 11 is 0. The van der Waals surface area contributed by atoms with E-state index in [0.29, 0.717) is 19.4 Å². The second-order valence-electron chi connectivity index (χ2n) is 5.75. The Morgan fingerprint density at radius 1 is 1.18 bits per heavy atom. The molecule has 0 saturated carbocycles. The molecule has 0 aliphatic heterocycles. The molecule has 0 fully saturated rings. The van der Waals surface area contributed by atoms with E-state index in [1.165, 1.54) is 0 Å². The van der Waals surface area contributed by atoms with Crippen LogP contribution >= 0.6 is 0 Å². The van der Waals surface area contributed by atoms with Gasteiger partial charge in [0.15, 0.2) is 0 Å². The van der Waals surface area contributed by atoms with Gasteiger partial charge in [0.25, 0.3) is 0 Å². The zero-order chi connectivity index (χ0) is 17.0. The number of carbonyl (C=O) groups is 2. The quantitative estimate of drug-likeness (QED) is 0.481. The summed E-state index contributed by atoms with van der Waals surface area (Å²) in [5, 5.41) is 20.6. The van der Waals surface area contributed by atoms with Crippen molar-refractivity contribution in [2.45, 2.75) is 45.3 Å². The van der Waals surface area contributed by atoms with Crippen molar-refractivity contribution in [2.24, 2.45) is 0 Å². The van der Waals surface area contributed by atoms with E-state index in [1.807, 2.05) is 0 Å². The minimum atomic E-state index is -1.03. The number of hydrogen-bond acceptors (Lipinski definition) is 6. The molecule has 0 heterocycles. The number of aliphatic hydroxyl groups excluding tert-OH is 1. The van der Waals surface area contributed by atoms with Crippen LogP contribution in [0.15, 0.2) is 0 Å². The van der Waals surface area contributed by atoms with Gasteiger partial charge in [0.05, 0.1) is 25.9 Å². The number of nitrogens with one attached hydrogen (secondary N) is 1. The summed E-state index contributed by atoms with van der Waals surface area (Å²) in [4.78, 5) is 21.5. The van der Waals surface area contributed by atoms with Gasteiger partial charge in [-0.25, -0.2) is 9.59 Å². The number of carbonyl (C=O) groups excluding carboxylic acids is 1. The van der Waals surface area contributed by atoms with Crippen LogP contribution in [-0.2, 0) is 19.0 Å². The fourth-order valence-corrected chi connectivity index (χ4v) is 1.42. The lowest BCUT2D eigenvalue weighted by molar-refractivity contribution is -0.142. The van der Waals surface area contributed by atoms with E-state index in [0.717, 1.165) is 0 Å². The van der Waals surface area contributed by atoms with Crippen LogP contribution in [0.3, 0.4) is 0 Å². The molecule has 0 aliphatic carbocycles. The summed E-state index contributed by atoms with van der Waals surface area (Å²) in [6, 6.07) is 0. The van der Waals surface area contributed by atoms with Gasteiger partial charge in [0, 0.05) is 6.54 Å². The molecule has 130 valence electrons. The molecule has 22 heavy (non-hydrogen) atoms. The third-order valence-electron chi connectivity index (χ3n) is 2.29. The van der Waals surface area contributed by atoms with Crippen molar-refractivity contribution >= 4 is 12.1 Å². The molecule has 0 aliphatic rings. The molecule has 1 amide bonds. The maximum Gasteiger partial charge on any atom is 0.407 e. The number of carboxylic acid groups (broad SMARTS) is 1. The Kier molecular flexibility index (Phi) is 10.5. The second kappa shape index (κ2) is 11.2. The van der Waals surface area contributed by atoms with Crippen molar-refractivity contribution in [3.8, 4) is 0 Å². The first kappa shape index (κ1) is 20.6. The number of hydrogen-bond donors (Lipinski definition) is 3. The number of aliphatic carboxylic acids is 1. The average molecular weight is 321 g/mol. The lowest BCUT2D eigenvalue weighted by Gasteiger charge is -2.19. The zero-order valence-corrected chi connectivity index (χ0v) is 13.5. The maximum atomic E-state index is 11.3. The third-order valence-corrected chi connectivity index (χ3v) is 2.29. The highest BCUT2D eigenvalue weighted by molar-refractivity contribution is 5.68. The van der Waals surface area contributed by atoms with Crippen LogP contribution in [0.1, 0.15) is 33.6 Å². The van der Waals surface area contributed by atoms with Crippen molar-refractivity contribution in [1.29, 1.82) is 0 Å². The monoisotopic (exact) mass is 321 g/mol. The lowest BCUT2D eigenvalue weighted by Crippen LogP contribution is -2.33. The van der Waals surface area contributed by atoms with Crippen LogP contribution < -0.4 is 5.32 Å².